The summed E-state index contributed by atoms with van der Waals surface area (Å²) < 4.78 is 19.1. The lowest BCUT2D eigenvalue weighted by molar-refractivity contribution is -0.129. The summed E-state index contributed by atoms with van der Waals surface area (Å²) in [4.78, 5) is 36.8. The number of ether oxygens (including phenoxy) is 1. The van der Waals surface area contributed by atoms with Crippen molar-refractivity contribution in [2.24, 2.45) is 0 Å². The number of hydrogen-bond acceptors (Lipinski definition) is 5. The number of aryl methyl sites for hydroxylation is 1. The first kappa shape index (κ1) is 31.9. The second-order valence-corrected chi connectivity index (χ2v) is 13.9. The number of nitrogens with one attached hydrogen (secondary N) is 2. The zero-order valence-corrected chi connectivity index (χ0v) is 27.3. The predicted molar refractivity (Wildman–Crippen MR) is 177 cm³/mol. The Balaban J connectivity index is 1.40. The molecule has 0 spiro atoms. The van der Waals surface area contributed by atoms with Crippen LogP contribution < -0.4 is 5.32 Å². The van der Waals surface area contributed by atoms with Crippen LogP contribution in [-0.2, 0) is 20.9 Å². The standard InChI is InChI=1S/C34H35Cl2FN4O3S/c1-22-3-9-25(10-4-22)45-34(33(43)38-11-2-12-40-13-15-44-16-14-40)19-31(42)41(21-23-5-7-24(35)8-6-23)32(34)27-20-39-30-18-28(36)29(37)17-26(27)30/h3-10,17-18,20,32,39H,2,11-16,19,21H2,1H3,(H,38,43)/t32-,34+/m1/s1. The zero-order chi connectivity index (χ0) is 31.6. The van der Waals surface area contributed by atoms with Gasteiger partial charge in [-0.15, -0.1) is 11.8 Å². The van der Waals surface area contributed by atoms with Gasteiger partial charge in [0.25, 0.3) is 0 Å². The number of aromatic amines is 1. The number of thioether (sulfide) groups is 1. The van der Waals surface area contributed by atoms with E-state index in [4.69, 9.17) is 27.9 Å². The Bertz CT molecular complexity index is 1680. The highest BCUT2D eigenvalue weighted by Crippen LogP contribution is 2.54. The van der Waals surface area contributed by atoms with Crippen LogP contribution in [-0.4, -0.2) is 70.7 Å². The van der Waals surface area contributed by atoms with E-state index < -0.39 is 16.6 Å². The van der Waals surface area contributed by atoms with Crippen LogP contribution in [0.15, 0.2) is 71.8 Å². The molecule has 3 heterocycles. The van der Waals surface area contributed by atoms with Crippen LogP contribution in [0.3, 0.4) is 0 Å². The molecule has 0 unspecified atom stereocenters. The molecular weight excluding hydrogens is 634 g/mol. The van der Waals surface area contributed by atoms with E-state index in [1.54, 1.807) is 23.2 Å². The number of aromatic nitrogens is 1. The monoisotopic (exact) mass is 668 g/mol. The minimum atomic E-state index is -1.25. The number of hydrogen-bond donors (Lipinski definition) is 2. The second kappa shape index (κ2) is 13.7. The number of fused-ring (bicyclic) bond motifs is 1. The Kier molecular flexibility index (Phi) is 9.73. The highest BCUT2D eigenvalue weighted by molar-refractivity contribution is 8.01. The Morgan fingerprint density at radius 1 is 1.11 bits per heavy atom. The minimum Gasteiger partial charge on any atom is -0.379 e. The van der Waals surface area contributed by atoms with Gasteiger partial charge in [0, 0.05) is 58.8 Å². The molecule has 2 atom stereocenters. The van der Waals surface area contributed by atoms with E-state index in [2.05, 4.69) is 15.2 Å². The lowest BCUT2D eigenvalue weighted by Gasteiger charge is -2.36. The van der Waals surface area contributed by atoms with Crippen molar-refractivity contribution < 1.29 is 18.7 Å². The van der Waals surface area contributed by atoms with Gasteiger partial charge < -0.3 is 19.9 Å². The van der Waals surface area contributed by atoms with Gasteiger partial charge in [0.1, 0.15) is 10.6 Å². The highest BCUT2D eigenvalue weighted by atomic mass is 35.5. The van der Waals surface area contributed by atoms with E-state index in [0.29, 0.717) is 41.2 Å². The molecule has 0 saturated carbocycles. The fraction of sp³-hybridized carbons (Fsp3) is 0.353. The SMILES string of the molecule is Cc1ccc(S[C@@]2(C(=O)NCCCN3CCOCC3)CC(=O)N(Cc3ccc(Cl)cc3)[C@@H]2c2c[nH]c3cc(Cl)c(F)cc23)cc1. The molecule has 2 aliphatic heterocycles. The van der Waals surface area contributed by atoms with Gasteiger partial charge in [-0.1, -0.05) is 53.0 Å². The molecule has 0 aliphatic carbocycles. The smallest absolute Gasteiger partial charge is 0.239 e. The summed E-state index contributed by atoms with van der Waals surface area (Å²) >= 11 is 13.7. The van der Waals surface area contributed by atoms with Crippen molar-refractivity contribution in [1.82, 2.24) is 20.1 Å². The summed E-state index contributed by atoms with van der Waals surface area (Å²) in [6.07, 6.45) is 2.51. The summed E-state index contributed by atoms with van der Waals surface area (Å²) in [5.41, 5.74) is 3.24. The summed E-state index contributed by atoms with van der Waals surface area (Å²) in [5.74, 6) is -0.958. The highest BCUT2D eigenvalue weighted by Gasteiger charge is 2.58. The molecule has 236 valence electrons. The third-order valence-corrected chi connectivity index (χ3v) is 10.5. The number of rotatable bonds is 10. The molecule has 11 heteroatoms. The number of morpholine rings is 1. The van der Waals surface area contributed by atoms with Crippen molar-refractivity contribution in [1.29, 1.82) is 0 Å². The number of amides is 2. The molecule has 4 aromatic rings. The topological polar surface area (TPSA) is 77.7 Å². The van der Waals surface area contributed by atoms with Crippen molar-refractivity contribution in [3.63, 3.8) is 0 Å². The molecule has 7 nitrogen and oxygen atoms in total. The van der Waals surface area contributed by atoms with Gasteiger partial charge in [-0.3, -0.25) is 14.5 Å². The molecule has 3 aromatic carbocycles. The Labute approximate surface area is 276 Å². The molecule has 2 N–H and O–H groups in total. The first-order valence-electron chi connectivity index (χ1n) is 15.1. The van der Waals surface area contributed by atoms with Gasteiger partial charge in [-0.25, -0.2) is 4.39 Å². The third kappa shape index (κ3) is 6.88. The fourth-order valence-corrected chi connectivity index (χ4v) is 7.92. The lowest BCUT2D eigenvalue weighted by Crippen LogP contribution is -2.48. The van der Waals surface area contributed by atoms with Crippen molar-refractivity contribution in [2.45, 2.75) is 42.0 Å². The van der Waals surface area contributed by atoms with Crippen LogP contribution in [0.25, 0.3) is 10.9 Å². The number of halogens is 3. The quantitative estimate of drug-likeness (QED) is 0.183. The number of likely N-dealkylation sites (tertiary alicyclic amines) is 1. The molecule has 2 saturated heterocycles. The Morgan fingerprint density at radius 2 is 1.84 bits per heavy atom. The molecule has 1 aromatic heterocycles. The molecular formula is C34H35Cl2FN4O3S. The number of benzene rings is 3. The largest absolute Gasteiger partial charge is 0.379 e. The van der Waals surface area contributed by atoms with E-state index >= 15 is 0 Å². The summed E-state index contributed by atoms with van der Waals surface area (Å²) in [6, 6.07) is 17.5. The molecule has 45 heavy (non-hydrogen) atoms. The van der Waals surface area contributed by atoms with E-state index in [1.165, 1.54) is 23.9 Å². The van der Waals surface area contributed by atoms with Crippen LogP contribution in [0.5, 0.6) is 0 Å². The van der Waals surface area contributed by atoms with Crippen molar-refractivity contribution in [2.75, 3.05) is 39.4 Å². The summed E-state index contributed by atoms with van der Waals surface area (Å²) in [5, 5.41) is 4.35. The van der Waals surface area contributed by atoms with Crippen molar-refractivity contribution in [3.05, 3.63) is 99.4 Å². The van der Waals surface area contributed by atoms with Gasteiger partial charge in [-0.05, 0) is 61.9 Å². The second-order valence-electron chi connectivity index (χ2n) is 11.7. The molecule has 2 aliphatic rings. The van der Waals surface area contributed by atoms with E-state index in [0.717, 1.165) is 42.1 Å². The summed E-state index contributed by atoms with van der Waals surface area (Å²) in [7, 11) is 0. The lowest BCUT2D eigenvalue weighted by atomic mass is 9.91. The van der Waals surface area contributed by atoms with Gasteiger partial charge in [0.15, 0.2) is 0 Å². The van der Waals surface area contributed by atoms with Crippen molar-refractivity contribution >= 4 is 57.7 Å². The number of nitrogens with zero attached hydrogens (tertiary/aromatic N) is 2. The zero-order valence-electron chi connectivity index (χ0n) is 25.0. The van der Waals surface area contributed by atoms with Gasteiger partial charge >= 0.3 is 0 Å². The van der Waals surface area contributed by atoms with Gasteiger partial charge in [-0.2, -0.15) is 0 Å². The molecule has 0 radical (unpaired) electrons. The van der Waals surface area contributed by atoms with Gasteiger partial charge in [0.2, 0.25) is 11.8 Å². The maximum Gasteiger partial charge on any atom is 0.239 e. The average molecular weight is 670 g/mol. The van der Waals surface area contributed by atoms with E-state index in [9.17, 15) is 14.0 Å². The first-order valence-corrected chi connectivity index (χ1v) is 16.6. The number of carbonyl (C=O) groups is 2. The van der Waals surface area contributed by atoms with Crippen LogP contribution in [0, 0.1) is 12.7 Å². The van der Waals surface area contributed by atoms with Crippen molar-refractivity contribution in [3.8, 4) is 0 Å². The van der Waals surface area contributed by atoms with Crippen LogP contribution in [0.4, 0.5) is 4.39 Å². The predicted octanol–water partition coefficient (Wildman–Crippen LogP) is 6.77. The normalized spacial score (nSPS) is 20.7. The fourth-order valence-electron chi connectivity index (χ4n) is 6.21. The first-order chi connectivity index (χ1) is 21.7. The average Bonchev–Trinajstić information content (AvgIpc) is 3.55. The van der Waals surface area contributed by atoms with E-state index in [1.807, 2.05) is 43.3 Å². The number of carbonyl (C=O) groups excluding carboxylic acids is 2. The van der Waals surface area contributed by atoms with Gasteiger partial charge in [0.05, 0.1) is 30.7 Å². The maximum atomic E-state index is 14.9. The maximum absolute atomic E-state index is 14.9. The number of H-pyrrole nitrogens is 1. The van der Waals surface area contributed by atoms with Crippen LogP contribution >= 0.6 is 35.0 Å². The summed E-state index contributed by atoms with van der Waals surface area (Å²) in [6.45, 7) is 6.74. The third-order valence-electron chi connectivity index (χ3n) is 8.55. The van der Waals surface area contributed by atoms with Crippen LogP contribution in [0.2, 0.25) is 10.0 Å². The Morgan fingerprint density at radius 3 is 2.58 bits per heavy atom. The molecule has 6 rings (SSSR count). The van der Waals surface area contributed by atoms with E-state index in [-0.39, 0.29) is 29.8 Å². The molecule has 0 bridgehead atoms. The Hall–Kier alpha value is -3.08. The van der Waals surface area contributed by atoms with Crippen LogP contribution in [0.1, 0.15) is 35.6 Å². The molecule has 2 amide bonds. The minimum absolute atomic E-state index is 0.00489. The molecule has 2 fully saturated rings.